The topological polar surface area (TPSA) is 87.7 Å². The average Bonchev–Trinajstić information content (AvgIpc) is 2.98. The summed E-state index contributed by atoms with van der Waals surface area (Å²) in [5.74, 6) is 56.4. The Kier molecular flexibility index (Phi) is 22.3. The third-order valence-electron chi connectivity index (χ3n) is 3.18. The number of phosphoric ester groups is 1. The normalized spacial score (nSPS) is 7.51. The van der Waals surface area contributed by atoms with Crippen LogP contribution in [0.4, 0.5) is 0 Å². The molecule has 1 N–H and O–H groups in total. The van der Waals surface area contributed by atoms with Crippen LogP contribution >= 0.6 is 7.82 Å². The second-order valence-corrected chi connectivity index (χ2v) is 7.55. The summed E-state index contributed by atoms with van der Waals surface area (Å²) in [7, 11) is -4.62. The smallest absolute Gasteiger partial charge is 0.328 e. The van der Waals surface area contributed by atoms with E-state index < -0.39 is 7.82 Å². The van der Waals surface area contributed by atoms with E-state index in [1.807, 2.05) is 13.0 Å². The standard InChI is InChI=1S/C36H16NO5P/c1-4-6-27-30-36(5-2)31-28-25-23-21-19-17-15-13-11-9-7-8-10-12-14-16-18-20-22-24-26-29-33-41-43(39,40)42-34-32-37-35(3)38/h1,5,32,34H2,2-3H3,(H,37,38)(H,39,40)/p-1. The average molecular weight is 572 g/mol. The van der Waals surface area contributed by atoms with Crippen LogP contribution in [0.25, 0.3) is 0 Å². The predicted molar refractivity (Wildman–Crippen MR) is 160 cm³/mol. The van der Waals surface area contributed by atoms with Gasteiger partial charge in [-0.05, 0) is 83.5 Å². The van der Waals surface area contributed by atoms with E-state index in [1.165, 1.54) is 6.92 Å². The molecular weight excluding hydrogens is 557 g/mol. The van der Waals surface area contributed by atoms with Crippen LogP contribution in [0.15, 0.2) is 35.1 Å². The summed E-state index contributed by atoms with van der Waals surface area (Å²) in [5, 5.41) is 2.35. The van der Waals surface area contributed by atoms with Crippen molar-refractivity contribution in [1.29, 1.82) is 0 Å². The van der Waals surface area contributed by atoms with Crippen molar-refractivity contribution < 1.29 is 23.3 Å². The van der Waals surface area contributed by atoms with Crippen LogP contribution in [0, 0.1) is 142 Å². The summed E-state index contributed by atoms with van der Waals surface area (Å²) >= 11 is 0. The molecular formula is C36H15NO5P-. The van der Waals surface area contributed by atoms with E-state index >= 15 is 0 Å². The van der Waals surface area contributed by atoms with E-state index in [0.29, 0.717) is 6.42 Å². The van der Waals surface area contributed by atoms with Crippen molar-refractivity contribution in [2.75, 3.05) is 13.2 Å². The number of hydrogen-bond donors (Lipinski definition) is 1. The van der Waals surface area contributed by atoms with Gasteiger partial charge in [-0.1, -0.05) is 12.7 Å². The Morgan fingerprint density at radius 1 is 0.721 bits per heavy atom. The molecule has 6 nitrogen and oxygen atoms in total. The fourth-order valence-corrected chi connectivity index (χ4v) is 2.13. The number of carbonyl (C=O) groups is 1. The Bertz CT molecular complexity index is 2090. The quantitative estimate of drug-likeness (QED) is 0.224. The second-order valence-electron chi connectivity index (χ2n) is 6.22. The zero-order chi connectivity index (χ0) is 31.7. The summed E-state index contributed by atoms with van der Waals surface area (Å²) in [6.07, 6.45) is 2.53. The highest BCUT2D eigenvalue weighted by atomic mass is 31.2. The second kappa shape index (κ2) is 26.6. The highest BCUT2D eigenvalue weighted by Gasteiger charge is 2.07. The van der Waals surface area contributed by atoms with Crippen LogP contribution < -0.4 is 10.2 Å². The van der Waals surface area contributed by atoms with Crippen LogP contribution in [-0.2, 0) is 18.4 Å². The molecule has 0 aliphatic carbocycles. The first-order chi connectivity index (χ1) is 20.9. The van der Waals surface area contributed by atoms with Gasteiger partial charge in [-0.15, -0.1) is 0 Å². The maximum atomic E-state index is 11.4. The van der Waals surface area contributed by atoms with Gasteiger partial charge in [0.05, 0.1) is 12.2 Å². The monoisotopic (exact) mass is 572 g/mol. The van der Waals surface area contributed by atoms with E-state index in [0.717, 1.165) is 5.57 Å². The van der Waals surface area contributed by atoms with Gasteiger partial charge in [0.15, 0.2) is 0 Å². The SMILES string of the molecule is C=C=C=C=C=C(C#CC#CC#CC#CC#CC#CC#CC#CC#CC#CC#CC#COP(=O)([O-])OCCNC(C)=O)CC. The summed E-state index contributed by atoms with van der Waals surface area (Å²) in [4.78, 5) is 22.0. The first-order valence-electron chi connectivity index (χ1n) is 11.4. The molecule has 7 heteroatoms. The van der Waals surface area contributed by atoms with Crippen molar-refractivity contribution in [3.8, 4) is 142 Å². The van der Waals surface area contributed by atoms with E-state index in [1.54, 1.807) is 0 Å². The van der Waals surface area contributed by atoms with Gasteiger partial charge in [-0.2, -0.15) is 0 Å². The number of allylic oxidation sites excluding steroid dienone is 1. The number of amides is 1. The molecule has 1 unspecified atom stereocenters. The molecule has 0 fully saturated rings. The number of rotatable bonds is 6. The predicted octanol–water partition coefficient (Wildman–Crippen LogP) is 1.21. The number of phosphoric acid groups is 1. The van der Waals surface area contributed by atoms with Crippen LogP contribution in [0.2, 0.25) is 0 Å². The Morgan fingerprint density at radius 2 is 1.14 bits per heavy atom. The molecule has 0 saturated carbocycles. The van der Waals surface area contributed by atoms with E-state index in [4.69, 9.17) is 0 Å². The molecule has 0 radical (unpaired) electrons. The minimum Gasteiger partial charge on any atom is -0.746 e. The van der Waals surface area contributed by atoms with Crippen LogP contribution in [-0.4, -0.2) is 19.1 Å². The summed E-state index contributed by atoms with van der Waals surface area (Å²) in [6, 6.07) is 0. The largest absolute Gasteiger partial charge is 0.746 e. The highest BCUT2D eigenvalue weighted by Crippen LogP contribution is 2.37. The van der Waals surface area contributed by atoms with E-state index in [9.17, 15) is 14.3 Å². The van der Waals surface area contributed by atoms with E-state index in [2.05, 4.69) is 180 Å². The fourth-order valence-electron chi connectivity index (χ4n) is 1.61. The van der Waals surface area contributed by atoms with E-state index in [-0.39, 0.29) is 19.1 Å². The third kappa shape index (κ3) is 27.8. The molecule has 0 aliphatic rings. The van der Waals surface area contributed by atoms with Crippen molar-refractivity contribution in [3.63, 3.8) is 0 Å². The summed E-state index contributed by atoms with van der Waals surface area (Å²) in [5.41, 5.74) is 11.1. The number of carbonyl (C=O) groups excluding carboxylic acids is 1. The molecule has 1 amide bonds. The lowest BCUT2D eigenvalue weighted by atomic mass is 10.2. The van der Waals surface area contributed by atoms with Gasteiger partial charge in [0.2, 0.25) is 5.91 Å². The Hall–Kier alpha value is -7.00. The highest BCUT2D eigenvalue weighted by molar-refractivity contribution is 7.46. The lowest BCUT2D eigenvalue weighted by Crippen LogP contribution is -2.24. The van der Waals surface area contributed by atoms with Gasteiger partial charge >= 0.3 is 7.82 Å². The Balaban J connectivity index is 4.60. The molecule has 0 spiro atoms. The van der Waals surface area contributed by atoms with Crippen LogP contribution in [0.5, 0.6) is 0 Å². The number of nitrogens with one attached hydrogen (secondary N) is 1. The molecule has 0 aromatic carbocycles. The van der Waals surface area contributed by atoms with Crippen molar-refractivity contribution in [1.82, 2.24) is 5.32 Å². The third-order valence-corrected chi connectivity index (χ3v) is 3.99. The minimum absolute atomic E-state index is 0.00454. The van der Waals surface area contributed by atoms with Gasteiger partial charge in [0.1, 0.15) is 6.11 Å². The van der Waals surface area contributed by atoms with Crippen molar-refractivity contribution in [2.45, 2.75) is 20.3 Å². The van der Waals surface area contributed by atoms with Gasteiger partial charge in [0, 0.05) is 96.4 Å². The van der Waals surface area contributed by atoms with Crippen molar-refractivity contribution >= 4 is 13.7 Å². The summed E-state index contributed by atoms with van der Waals surface area (Å²) < 4.78 is 20.1. The van der Waals surface area contributed by atoms with Gasteiger partial charge < -0.3 is 19.3 Å². The maximum Gasteiger partial charge on any atom is 0.328 e. The molecule has 0 aromatic rings. The van der Waals surface area contributed by atoms with Crippen molar-refractivity contribution in [3.05, 3.63) is 35.1 Å². The molecule has 0 bridgehead atoms. The first-order valence-corrected chi connectivity index (χ1v) is 12.9. The fraction of sp³-hybridized carbons (Fsp3) is 0.139. The number of hydrogen-bond acceptors (Lipinski definition) is 5. The van der Waals surface area contributed by atoms with Crippen molar-refractivity contribution in [2.24, 2.45) is 0 Å². The molecule has 0 heterocycles. The van der Waals surface area contributed by atoms with Crippen LogP contribution in [0.3, 0.4) is 0 Å². The molecule has 0 saturated heterocycles. The zero-order valence-corrected chi connectivity index (χ0v) is 23.7. The lowest BCUT2D eigenvalue weighted by Gasteiger charge is -2.18. The molecule has 1 atom stereocenters. The molecule has 0 aliphatic heterocycles. The summed E-state index contributed by atoms with van der Waals surface area (Å²) in [6.45, 7) is 6.30. The lowest BCUT2D eigenvalue weighted by molar-refractivity contribution is -0.219. The van der Waals surface area contributed by atoms with Gasteiger partial charge in [0.25, 0.3) is 0 Å². The molecule has 0 aromatic heterocycles. The maximum absolute atomic E-state index is 11.4. The van der Waals surface area contributed by atoms with Crippen LogP contribution in [0.1, 0.15) is 20.3 Å². The molecule has 200 valence electrons. The van der Waals surface area contributed by atoms with Gasteiger partial charge in [-0.25, -0.2) is 0 Å². The molecule has 43 heavy (non-hydrogen) atoms. The Morgan fingerprint density at radius 3 is 1.53 bits per heavy atom. The first kappa shape index (κ1) is 36.0. The van der Waals surface area contributed by atoms with Gasteiger partial charge in [-0.3, -0.25) is 9.36 Å². The Labute approximate surface area is 252 Å². The minimum atomic E-state index is -4.62. The zero-order valence-electron chi connectivity index (χ0n) is 22.8. The molecule has 0 rings (SSSR count).